The third kappa shape index (κ3) is 5.53. The molecule has 0 aliphatic heterocycles. The van der Waals surface area contributed by atoms with Crippen molar-refractivity contribution in [3.8, 4) is 11.3 Å². The van der Waals surface area contributed by atoms with Gasteiger partial charge in [-0.3, -0.25) is 4.79 Å². The van der Waals surface area contributed by atoms with Gasteiger partial charge in [0.1, 0.15) is 11.8 Å². The van der Waals surface area contributed by atoms with E-state index in [2.05, 4.69) is 15.3 Å². The fourth-order valence-electron chi connectivity index (χ4n) is 4.23. The van der Waals surface area contributed by atoms with Crippen molar-refractivity contribution in [3.63, 3.8) is 0 Å². The van der Waals surface area contributed by atoms with Crippen LogP contribution in [0.25, 0.3) is 11.3 Å². The van der Waals surface area contributed by atoms with E-state index < -0.39 is 23.9 Å². The smallest absolute Gasteiger partial charge is 0.383 e. The molecule has 1 unspecified atom stereocenters. The summed E-state index contributed by atoms with van der Waals surface area (Å²) in [5, 5.41) is 15.7. The number of primary amides is 1. The summed E-state index contributed by atoms with van der Waals surface area (Å²) in [6, 6.07) is 6.38. The van der Waals surface area contributed by atoms with E-state index in [0.29, 0.717) is 18.5 Å². The lowest BCUT2D eigenvalue weighted by Gasteiger charge is -2.29. The second-order valence-electron chi connectivity index (χ2n) is 8.51. The fraction of sp³-hybridized carbons (Fsp3) is 0.391. The van der Waals surface area contributed by atoms with E-state index in [0.717, 1.165) is 46.9 Å². The lowest BCUT2D eigenvalue weighted by atomic mass is 9.79. The molecule has 0 radical (unpaired) electrons. The van der Waals surface area contributed by atoms with Crippen LogP contribution in [0.3, 0.4) is 0 Å². The summed E-state index contributed by atoms with van der Waals surface area (Å²) in [5.74, 6) is -0.688. The third-order valence-corrected chi connectivity index (χ3v) is 6.96. The highest BCUT2D eigenvalue weighted by molar-refractivity contribution is 7.10. The predicted octanol–water partition coefficient (Wildman–Crippen LogP) is 4.79. The molecule has 1 atom stereocenters. The molecule has 4 N–H and O–H groups in total. The summed E-state index contributed by atoms with van der Waals surface area (Å²) < 4.78 is 38.9. The number of thiazole rings is 1. The highest BCUT2D eigenvalue weighted by Crippen LogP contribution is 2.39. The monoisotopic (exact) mass is 491 g/mol. The first-order valence-electron chi connectivity index (χ1n) is 10.8. The minimum Gasteiger partial charge on any atom is -0.383 e. The van der Waals surface area contributed by atoms with Crippen LogP contribution in [0.1, 0.15) is 47.9 Å². The van der Waals surface area contributed by atoms with Gasteiger partial charge in [0.2, 0.25) is 11.9 Å². The zero-order chi connectivity index (χ0) is 24.5. The largest absolute Gasteiger partial charge is 0.433 e. The van der Waals surface area contributed by atoms with Crippen LogP contribution in [-0.2, 0) is 11.0 Å². The molecular formula is C23H24F3N5O2S. The lowest BCUT2D eigenvalue weighted by Crippen LogP contribution is -2.36. The molecule has 1 saturated carbocycles. The van der Waals surface area contributed by atoms with Crippen LogP contribution in [0.2, 0.25) is 0 Å². The summed E-state index contributed by atoms with van der Waals surface area (Å²) >= 11 is 1.55. The molecule has 1 fully saturated rings. The normalized spacial score (nSPS) is 19.6. The van der Waals surface area contributed by atoms with E-state index in [9.17, 15) is 23.1 Å². The minimum absolute atomic E-state index is 0.114. The minimum atomic E-state index is -4.55. The summed E-state index contributed by atoms with van der Waals surface area (Å²) in [7, 11) is 0. The van der Waals surface area contributed by atoms with Crippen molar-refractivity contribution in [2.75, 3.05) is 5.32 Å². The molecule has 0 saturated heterocycles. The predicted molar refractivity (Wildman–Crippen MR) is 123 cm³/mol. The van der Waals surface area contributed by atoms with E-state index in [1.54, 1.807) is 23.5 Å². The quantitative estimate of drug-likeness (QED) is 0.457. The molecule has 2 aromatic heterocycles. The van der Waals surface area contributed by atoms with Crippen molar-refractivity contribution < 1.29 is 23.1 Å². The third-order valence-electron chi connectivity index (χ3n) is 5.96. The Morgan fingerprint density at radius 2 is 1.94 bits per heavy atom. The molecular weight excluding hydrogens is 467 g/mol. The van der Waals surface area contributed by atoms with E-state index in [-0.39, 0.29) is 17.8 Å². The molecule has 180 valence electrons. The Balaban J connectivity index is 1.49. The zero-order valence-corrected chi connectivity index (χ0v) is 19.2. The number of alkyl halides is 3. The van der Waals surface area contributed by atoms with Crippen LogP contribution in [0, 0.1) is 12.8 Å². The highest BCUT2D eigenvalue weighted by Gasteiger charge is 2.33. The van der Waals surface area contributed by atoms with Gasteiger partial charge in [0, 0.05) is 28.7 Å². The number of rotatable bonds is 6. The first-order valence-corrected chi connectivity index (χ1v) is 11.7. The van der Waals surface area contributed by atoms with Gasteiger partial charge in [-0.05, 0) is 68.4 Å². The van der Waals surface area contributed by atoms with Gasteiger partial charge in [0.15, 0.2) is 0 Å². The number of benzene rings is 1. The SMILES string of the molecule is Cc1cc(Nc2nccc(C(F)(F)F)n2)cc(-c2csc(C3CCC(C(O)C(N)=O)CC3)n2)c1. The maximum Gasteiger partial charge on any atom is 0.433 e. The van der Waals surface area contributed by atoms with Gasteiger partial charge in [-0.1, -0.05) is 0 Å². The van der Waals surface area contributed by atoms with E-state index in [1.807, 2.05) is 18.4 Å². The number of aliphatic hydroxyl groups is 1. The topological polar surface area (TPSA) is 114 Å². The number of anilines is 2. The van der Waals surface area contributed by atoms with Crippen LogP contribution >= 0.6 is 11.3 Å². The van der Waals surface area contributed by atoms with Crippen LogP contribution in [0.5, 0.6) is 0 Å². The number of carbonyl (C=O) groups excluding carboxylic acids is 1. The molecule has 1 aliphatic carbocycles. The van der Waals surface area contributed by atoms with Crippen LogP contribution in [-0.4, -0.2) is 32.1 Å². The Morgan fingerprint density at radius 3 is 2.62 bits per heavy atom. The Kier molecular flexibility index (Phi) is 6.85. The number of hydrogen-bond acceptors (Lipinski definition) is 7. The summed E-state index contributed by atoms with van der Waals surface area (Å²) in [6.07, 6.45) is -1.54. The van der Waals surface area contributed by atoms with E-state index >= 15 is 0 Å². The molecule has 0 spiro atoms. The molecule has 3 aromatic rings. The maximum absolute atomic E-state index is 13.0. The van der Waals surface area contributed by atoms with Crippen molar-refractivity contribution >= 4 is 28.9 Å². The first-order chi connectivity index (χ1) is 16.1. The molecule has 11 heteroatoms. The van der Waals surface area contributed by atoms with Gasteiger partial charge < -0.3 is 16.2 Å². The van der Waals surface area contributed by atoms with Crippen molar-refractivity contribution in [2.24, 2.45) is 11.7 Å². The number of aliphatic hydroxyl groups excluding tert-OH is 1. The molecule has 34 heavy (non-hydrogen) atoms. The second-order valence-corrected chi connectivity index (χ2v) is 9.40. The summed E-state index contributed by atoms with van der Waals surface area (Å²) in [5.41, 5.74) is 7.27. The number of halogens is 3. The number of carbonyl (C=O) groups is 1. The van der Waals surface area contributed by atoms with Gasteiger partial charge in [-0.25, -0.2) is 15.0 Å². The van der Waals surface area contributed by atoms with Gasteiger partial charge >= 0.3 is 6.18 Å². The molecule has 4 rings (SSSR count). The van der Waals surface area contributed by atoms with Crippen molar-refractivity contribution in [1.29, 1.82) is 0 Å². The van der Waals surface area contributed by atoms with E-state index in [1.165, 1.54) is 0 Å². The Labute approximate surface area is 198 Å². The molecule has 1 aliphatic rings. The fourth-order valence-corrected chi connectivity index (χ4v) is 5.23. The Hall–Kier alpha value is -3.05. The van der Waals surface area contributed by atoms with Gasteiger partial charge in [-0.2, -0.15) is 13.2 Å². The number of aryl methyl sites for hydroxylation is 1. The molecule has 1 amide bonds. The van der Waals surface area contributed by atoms with Crippen molar-refractivity contribution in [2.45, 2.75) is 50.8 Å². The van der Waals surface area contributed by atoms with Gasteiger partial charge in [-0.15, -0.1) is 11.3 Å². The summed E-state index contributed by atoms with van der Waals surface area (Å²) in [4.78, 5) is 23.5. The standard InChI is InChI=1S/C23H24F3N5O2S/c1-12-8-15(10-16(9-12)29-22-28-7-6-18(31-22)23(24,25)26)17-11-34-21(30-17)14-4-2-13(3-5-14)19(32)20(27)33/h6-11,13-14,19,32H,2-5H2,1H3,(H2,27,33)(H,28,29,31). The van der Waals surface area contributed by atoms with Crippen LogP contribution < -0.4 is 11.1 Å². The number of hydrogen-bond donors (Lipinski definition) is 3. The van der Waals surface area contributed by atoms with Crippen molar-refractivity contribution in [3.05, 3.63) is 52.1 Å². The zero-order valence-electron chi connectivity index (χ0n) is 18.3. The van der Waals surface area contributed by atoms with Gasteiger partial charge in [0.05, 0.1) is 10.7 Å². The number of nitrogens with two attached hydrogens (primary N) is 1. The average Bonchev–Trinajstić information content (AvgIpc) is 3.28. The number of amides is 1. The van der Waals surface area contributed by atoms with Crippen LogP contribution in [0.15, 0.2) is 35.8 Å². The number of nitrogens with zero attached hydrogens (tertiary/aromatic N) is 3. The molecule has 7 nitrogen and oxygen atoms in total. The number of nitrogens with one attached hydrogen (secondary N) is 1. The first kappa shape index (κ1) is 24.1. The number of aromatic nitrogens is 3. The average molecular weight is 492 g/mol. The molecule has 0 bridgehead atoms. The van der Waals surface area contributed by atoms with Gasteiger partial charge in [0.25, 0.3) is 0 Å². The van der Waals surface area contributed by atoms with Crippen LogP contribution in [0.4, 0.5) is 24.8 Å². The lowest BCUT2D eigenvalue weighted by molar-refractivity contribution is -0.141. The molecule has 2 heterocycles. The van der Waals surface area contributed by atoms with Crippen molar-refractivity contribution in [1.82, 2.24) is 15.0 Å². The maximum atomic E-state index is 13.0. The molecule has 1 aromatic carbocycles. The Bertz CT molecular complexity index is 1180. The van der Waals surface area contributed by atoms with E-state index in [4.69, 9.17) is 10.7 Å². The summed E-state index contributed by atoms with van der Waals surface area (Å²) in [6.45, 7) is 1.89. The highest BCUT2D eigenvalue weighted by atomic mass is 32.1. The Morgan fingerprint density at radius 1 is 1.21 bits per heavy atom. The second kappa shape index (κ2) is 9.67.